The van der Waals surface area contributed by atoms with E-state index in [2.05, 4.69) is 5.32 Å². The second kappa shape index (κ2) is 6.30. The number of benzene rings is 2. The molecule has 0 radical (unpaired) electrons. The predicted molar refractivity (Wildman–Crippen MR) is 78.3 cm³/mol. The summed E-state index contributed by atoms with van der Waals surface area (Å²) in [5, 5.41) is 2.58. The monoisotopic (exact) mass is 272 g/mol. The van der Waals surface area contributed by atoms with Crippen LogP contribution in [0.1, 0.15) is 21.5 Å². The Morgan fingerprint density at radius 3 is 2.55 bits per heavy atom. The van der Waals surface area contributed by atoms with E-state index < -0.39 is 5.82 Å². The number of hydrogen-bond acceptors (Lipinski definition) is 2. The van der Waals surface area contributed by atoms with Crippen LogP contribution in [0.2, 0.25) is 0 Å². The Labute approximate surface area is 117 Å². The molecular weight excluding hydrogens is 255 g/mol. The van der Waals surface area contributed by atoms with Gasteiger partial charge in [0.1, 0.15) is 5.82 Å². The third-order valence-electron chi connectivity index (χ3n) is 3.02. The lowest BCUT2D eigenvalue weighted by Crippen LogP contribution is -2.13. The third-order valence-corrected chi connectivity index (χ3v) is 3.02. The van der Waals surface area contributed by atoms with Crippen molar-refractivity contribution in [3.05, 3.63) is 65.0 Å². The summed E-state index contributed by atoms with van der Waals surface area (Å²) in [5.74, 6) is -0.766. The van der Waals surface area contributed by atoms with E-state index in [-0.39, 0.29) is 11.6 Å². The SMILES string of the molecule is Cc1ccc(F)c(NC(=O)c2ccc(CCN)cc2)c1. The second-order valence-corrected chi connectivity index (χ2v) is 4.67. The number of carbonyl (C=O) groups is 1. The zero-order chi connectivity index (χ0) is 14.5. The van der Waals surface area contributed by atoms with Crippen molar-refractivity contribution in [1.29, 1.82) is 0 Å². The normalized spacial score (nSPS) is 10.3. The minimum atomic E-state index is -0.441. The van der Waals surface area contributed by atoms with Gasteiger partial charge >= 0.3 is 0 Å². The van der Waals surface area contributed by atoms with Crippen molar-refractivity contribution >= 4 is 11.6 Å². The van der Waals surface area contributed by atoms with Gasteiger partial charge in [0.15, 0.2) is 0 Å². The lowest BCUT2D eigenvalue weighted by Gasteiger charge is -2.08. The molecule has 0 bridgehead atoms. The third kappa shape index (κ3) is 3.42. The largest absolute Gasteiger partial charge is 0.330 e. The molecule has 0 saturated heterocycles. The van der Waals surface area contributed by atoms with Crippen LogP contribution in [-0.2, 0) is 6.42 Å². The Bertz CT molecular complexity index is 608. The van der Waals surface area contributed by atoms with E-state index in [9.17, 15) is 9.18 Å². The van der Waals surface area contributed by atoms with Gasteiger partial charge in [-0.3, -0.25) is 4.79 Å². The van der Waals surface area contributed by atoms with E-state index in [4.69, 9.17) is 5.73 Å². The summed E-state index contributed by atoms with van der Waals surface area (Å²) < 4.78 is 13.6. The molecule has 2 rings (SSSR count). The van der Waals surface area contributed by atoms with Crippen LogP contribution in [-0.4, -0.2) is 12.5 Å². The van der Waals surface area contributed by atoms with Gasteiger partial charge in [0.2, 0.25) is 0 Å². The van der Waals surface area contributed by atoms with Crippen molar-refractivity contribution in [2.24, 2.45) is 5.73 Å². The maximum atomic E-state index is 13.6. The fourth-order valence-corrected chi connectivity index (χ4v) is 1.92. The average Bonchev–Trinajstić information content (AvgIpc) is 2.44. The molecule has 104 valence electrons. The van der Waals surface area contributed by atoms with Crippen molar-refractivity contribution in [2.75, 3.05) is 11.9 Å². The van der Waals surface area contributed by atoms with Crippen LogP contribution >= 0.6 is 0 Å². The van der Waals surface area contributed by atoms with Crippen LogP contribution in [0.25, 0.3) is 0 Å². The number of rotatable bonds is 4. The topological polar surface area (TPSA) is 55.1 Å². The molecule has 2 aromatic rings. The number of anilines is 1. The summed E-state index contributed by atoms with van der Waals surface area (Å²) in [5.41, 5.74) is 8.12. The van der Waals surface area contributed by atoms with Crippen LogP contribution in [0.4, 0.5) is 10.1 Å². The number of aryl methyl sites for hydroxylation is 1. The zero-order valence-corrected chi connectivity index (χ0v) is 11.3. The molecule has 0 fully saturated rings. The molecule has 0 aliphatic carbocycles. The van der Waals surface area contributed by atoms with Gasteiger partial charge < -0.3 is 11.1 Å². The van der Waals surface area contributed by atoms with E-state index in [1.54, 1.807) is 24.3 Å². The van der Waals surface area contributed by atoms with E-state index in [0.717, 1.165) is 17.5 Å². The highest BCUT2D eigenvalue weighted by molar-refractivity contribution is 6.04. The molecule has 20 heavy (non-hydrogen) atoms. The van der Waals surface area contributed by atoms with Crippen molar-refractivity contribution in [2.45, 2.75) is 13.3 Å². The summed E-state index contributed by atoms with van der Waals surface area (Å²) in [7, 11) is 0. The summed E-state index contributed by atoms with van der Waals surface area (Å²) in [6.45, 7) is 2.41. The quantitative estimate of drug-likeness (QED) is 0.899. The van der Waals surface area contributed by atoms with Gasteiger partial charge in [-0.05, 0) is 55.3 Å². The van der Waals surface area contributed by atoms with Gasteiger partial charge in [0, 0.05) is 5.56 Å². The molecule has 0 aliphatic rings. The molecule has 0 aromatic heterocycles. The Morgan fingerprint density at radius 1 is 1.20 bits per heavy atom. The van der Waals surface area contributed by atoms with E-state index in [1.807, 2.05) is 19.1 Å². The molecule has 0 atom stereocenters. The van der Waals surface area contributed by atoms with E-state index in [1.165, 1.54) is 6.07 Å². The number of carbonyl (C=O) groups excluding carboxylic acids is 1. The molecule has 3 N–H and O–H groups in total. The van der Waals surface area contributed by atoms with Gasteiger partial charge in [-0.25, -0.2) is 4.39 Å². The first-order chi connectivity index (χ1) is 9.60. The van der Waals surface area contributed by atoms with Gasteiger partial charge in [-0.2, -0.15) is 0 Å². The van der Waals surface area contributed by atoms with Crippen LogP contribution in [0.15, 0.2) is 42.5 Å². The summed E-state index contributed by atoms with van der Waals surface area (Å²) in [6.07, 6.45) is 0.772. The minimum absolute atomic E-state index is 0.195. The highest BCUT2D eigenvalue weighted by atomic mass is 19.1. The number of hydrogen-bond donors (Lipinski definition) is 2. The molecule has 0 heterocycles. The zero-order valence-electron chi connectivity index (χ0n) is 11.3. The van der Waals surface area contributed by atoms with Crippen LogP contribution < -0.4 is 11.1 Å². The van der Waals surface area contributed by atoms with Gasteiger partial charge in [-0.15, -0.1) is 0 Å². The Hall–Kier alpha value is -2.20. The van der Waals surface area contributed by atoms with Crippen LogP contribution in [0.5, 0.6) is 0 Å². The predicted octanol–water partition coefficient (Wildman–Crippen LogP) is 2.89. The first-order valence-corrected chi connectivity index (χ1v) is 6.46. The fraction of sp³-hybridized carbons (Fsp3) is 0.188. The van der Waals surface area contributed by atoms with Crippen molar-refractivity contribution in [1.82, 2.24) is 0 Å². The van der Waals surface area contributed by atoms with Gasteiger partial charge in [0.05, 0.1) is 5.69 Å². The highest BCUT2D eigenvalue weighted by Gasteiger charge is 2.09. The molecule has 0 aliphatic heterocycles. The van der Waals surface area contributed by atoms with Gasteiger partial charge in [0.25, 0.3) is 5.91 Å². The van der Waals surface area contributed by atoms with Crippen LogP contribution in [0.3, 0.4) is 0 Å². The Kier molecular flexibility index (Phi) is 4.48. The molecule has 0 spiro atoms. The molecule has 1 amide bonds. The highest BCUT2D eigenvalue weighted by Crippen LogP contribution is 2.17. The van der Waals surface area contributed by atoms with Crippen molar-refractivity contribution < 1.29 is 9.18 Å². The second-order valence-electron chi connectivity index (χ2n) is 4.67. The molecule has 3 nitrogen and oxygen atoms in total. The fourth-order valence-electron chi connectivity index (χ4n) is 1.92. The standard InChI is InChI=1S/C16H17FN2O/c1-11-2-7-14(17)15(10-11)19-16(20)13-5-3-12(4-6-13)8-9-18/h2-7,10H,8-9,18H2,1H3,(H,19,20). The molecule has 0 saturated carbocycles. The Balaban J connectivity index is 2.13. The smallest absolute Gasteiger partial charge is 0.255 e. The minimum Gasteiger partial charge on any atom is -0.330 e. The maximum Gasteiger partial charge on any atom is 0.255 e. The van der Waals surface area contributed by atoms with Gasteiger partial charge in [-0.1, -0.05) is 18.2 Å². The van der Waals surface area contributed by atoms with Crippen LogP contribution in [0, 0.1) is 12.7 Å². The lowest BCUT2D eigenvalue weighted by molar-refractivity contribution is 0.102. The summed E-state index contributed by atoms with van der Waals surface area (Å²) >= 11 is 0. The molecule has 4 heteroatoms. The number of nitrogens with one attached hydrogen (secondary N) is 1. The van der Waals surface area contributed by atoms with E-state index in [0.29, 0.717) is 12.1 Å². The average molecular weight is 272 g/mol. The molecule has 2 aromatic carbocycles. The maximum absolute atomic E-state index is 13.6. The first kappa shape index (κ1) is 14.2. The summed E-state index contributed by atoms with van der Waals surface area (Å²) in [4.78, 5) is 12.0. The molecule has 0 unspecified atom stereocenters. The number of amides is 1. The van der Waals surface area contributed by atoms with E-state index >= 15 is 0 Å². The Morgan fingerprint density at radius 2 is 1.90 bits per heavy atom. The summed E-state index contributed by atoms with van der Waals surface area (Å²) in [6, 6.07) is 11.8. The first-order valence-electron chi connectivity index (χ1n) is 6.46. The van der Waals surface area contributed by atoms with Crippen molar-refractivity contribution in [3.63, 3.8) is 0 Å². The number of halogens is 1. The lowest BCUT2D eigenvalue weighted by atomic mass is 10.1. The number of nitrogens with two attached hydrogens (primary N) is 1. The molecular formula is C16H17FN2O. The van der Waals surface area contributed by atoms with Crippen molar-refractivity contribution in [3.8, 4) is 0 Å².